The minimum Gasteiger partial charge on any atom is -0.491 e. The molecule has 0 saturated heterocycles. The first-order chi connectivity index (χ1) is 16.8. The molecule has 4 nitrogen and oxygen atoms in total. The van der Waals surface area contributed by atoms with Crippen LogP contribution in [0.25, 0.3) is 11.1 Å². The predicted molar refractivity (Wildman–Crippen MR) is 136 cm³/mol. The molecule has 0 heterocycles. The van der Waals surface area contributed by atoms with Gasteiger partial charge in [0, 0.05) is 0 Å². The van der Waals surface area contributed by atoms with Crippen molar-refractivity contribution < 1.29 is 19.7 Å². The Kier molecular flexibility index (Phi) is 8.12. The Morgan fingerprint density at radius 3 is 1.09 bits per heavy atom. The number of ether oxygens (including phenoxy) is 2. The summed E-state index contributed by atoms with van der Waals surface area (Å²) < 4.78 is 11.2. The zero-order valence-electron chi connectivity index (χ0n) is 18.9. The summed E-state index contributed by atoms with van der Waals surface area (Å²) in [6.45, 7) is 0.473. The van der Waals surface area contributed by atoms with Gasteiger partial charge in [-0.25, -0.2) is 0 Å². The highest BCUT2D eigenvalue weighted by Crippen LogP contribution is 2.37. The van der Waals surface area contributed by atoms with E-state index < -0.39 is 0 Å². The largest absolute Gasteiger partial charge is 0.491 e. The highest BCUT2D eigenvalue weighted by atomic mass is 16.5. The number of rotatable bonds is 10. The predicted octanol–water partition coefficient (Wildman–Crippen LogP) is 5.44. The molecule has 0 aromatic heterocycles. The molecule has 0 bridgehead atoms. The van der Waals surface area contributed by atoms with Gasteiger partial charge in [0.1, 0.15) is 24.7 Å². The van der Waals surface area contributed by atoms with Gasteiger partial charge in [0.15, 0.2) is 0 Å². The quantitative estimate of drug-likeness (QED) is 0.315. The molecule has 34 heavy (non-hydrogen) atoms. The first-order valence-corrected chi connectivity index (χ1v) is 11.3. The fourth-order valence-corrected chi connectivity index (χ4v) is 3.88. The highest BCUT2D eigenvalue weighted by molar-refractivity contribution is 6.04. The van der Waals surface area contributed by atoms with Gasteiger partial charge in [-0.1, -0.05) is 84.9 Å². The minimum absolute atomic E-state index is 0.0240. The SMILES string of the molecule is OCCOc1ccc(C(=C(c2ccccc2)c2ccccc2)c2ccc(OCCO)cc2)cc1. The van der Waals surface area contributed by atoms with E-state index in [0.29, 0.717) is 11.5 Å². The highest BCUT2D eigenvalue weighted by Gasteiger charge is 2.16. The maximum Gasteiger partial charge on any atom is 0.119 e. The van der Waals surface area contributed by atoms with Gasteiger partial charge in [-0.15, -0.1) is 0 Å². The van der Waals surface area contributed by atoms with Gasteiger partial charge in [0.2, 0.25) is 0 Å². The van der Waals surface area contributed by atoms with Gasteiger partial charge < -0.3 is 19.7 Å². The van der Waals surface area contributed by atoms with Gasteiger partial charge >= 0.3 is 0 Å². The fraction of sp³-hybridized carbons (Fsp3) is 0.133. The molecule has 4 heteroatoms. The monoisotopic (exact) mass is 452 g/mol. The van der Waals surface area contributed by atoms with E-state index in [1.807, 2.05) is 84.9 Å². The summed E-state index contributed by atoms with van der Waals surface area (Å²) in [4.78, 5) is 0. The second-order valence-corrected chi connectivity index (χ2v) is 7.67. The zero-order valence-corrected chi connectivity index (χ0v) is 18.9. The maximum atomic E-state index is 9.06. The van der Waals surface area contributed by atoms with Crippen LogP contribution in [0, 0.1) is 0 Å². The molecule has 0 aliphatic heterocycles. The second-order valence-electron chi connectivity index (χ2n) is 7.67. The van der Waals surface area contributed by atoms with Crippen LogP contribution in [0.1, 0.15) is 22.3 Å². The van der Waals surface area contributed by atoms with Gasteiger partial charge in [0.25, 0.3) is 0 Å². The Hall–Kier alpha value is -3.86. The van der Waals surface area contributed by atoms with E-state index in [0.717, 1.165) is 33.4 Å². The van der Waals surface area contributed by atoms with Crippen LogP contribution < -0.4 is 9.47 Å². The van der Waals surface area contributed by atoms with Gasteiger partial charge in [-0.3, -0.25) is 0 Å². The minimum atomic E-state index is -0.0240. The molecular formula is C30H28O4. The molecule has 0 saturated carbocycles. The number of benzene rings is 4. The molecule has 2 N–H and O–H groups in total. The molecular weight excluding hydrogens is 424 g/mol. The molecule has 0 aliphatic rings. The lowest BCUT2D eigenvalue weighted by atomic mass is 9.86. The Bertz CT molecular complexity index is 1090. The number of aliphatic hydroxyl groups is 2. The molecule has 0 amide bonds. The van der Waals surface area contributed by atoms with Crippen molar-refractivity contribution in [2.75, 3.05) is 26.4 Å². The van der Waals surface area contributed by atoms with Crippen molar-refractivity contribution >= 4 is 11.1 Å². The molecule has 0 unspecified atom stereocenters. The Balaban J connectivity index is 1.90. The summed E-state index contributed by atoms with van der Waals surface area (Å²) in [5, 5.41) is 18.1. The topological polar surface area (TPSA) is 58.9 Å². The molecule has 4 aromatic rings. The van der Waals surface area contributed by atoms with Crippen molar-refractivity contribution in [1.29, 1.82) is 0 Å². The van der Waals surface area contributed by atoms with Crippen LogP contribution in [-0.4, -0.2) is 36.6 Å². The van der Waals surface area contributed by atoms with E-state index in [2.05, 4.69) is 24.3 Å². The molecule has 4 aromatic carbocycles. The molecule has 0 fully saturated rings. The summed E-state index contributed by atoms with van der Waals surface area (Å²) in [7, 11) is 0. The number of hydrogen-bond acceptors (Lipinski definition) is 4. The summed E-state index contributed by atoms with van der Waals surface area (Å²) in [6, 6.07) is 36.6. The van der Waals surface area contributed by atoms with Gasteiger partial charge in [0.05, 0.1) is 13.2 Å². The third kappa shape index (κ3) is 5.73. The van der Waals surface area contributed by atoms with E-state index >= 15 is 0 Å². The first-order valence-electron chi connectivity index (χ1n) is 11.3. The zero-order chi connectivity index (χ0) is 23.6. The Labute approximate surface area is 200 Å². The van der Waals surface area contributed by atoms with Crippen molar-refractivity contribution in [2.45, 2.75) is 0 Å². The average molecular weight is 453 g/mol. The van der Waals surface area contributed by atoms with Crippen LogP contribution >= 0.6 is 0 Å². The van der Waals surface area contributed by atoms with E-state index in [1.54, 1.807) is 0 Å². The van der Waals surface area contributed by atoms with E-state index in [-0.39, 0.29) is 26.4 Å². The number of aliphatic hydroxyl groups excluding tert-OH is 2. The summed E-state index contributed by atoms with van der Waals surface area (Å²) in [5.74, 6) is 1.43. The van der Waals surface area contributed by atoms with Crippen molar-refractivity contribution in [3.8, 4) is 11.5 Å². The smallest absolute Gasteiger partial charge is 0.119 e. The van der Waals surface area contributed by atoms with Gasteiger partial charge in [-0.05, 0) is 57.7 Å². The number of hydrogen-bond donors (Lipinski definition) is 2. The fourth-order valence-electron chi connectivity index (χ4n) is 3.88. The van der Waals surface area contributed by atoms with Gasteiger partial charge in [-0.2, -0.15) is 0 Å². The molecule has 0 atom stereocenters. The van der Waals surface area contributed by atoms with Crippen LogP contribution in [0.4, 0.5) is 0 Å². The van der Waals surface area contributed by atoms with Crippen LogP contribution in [0.3, 0.4) is 0 Å². The maximum absolute atomic E-state index is 9.06. The molecule has 172 valence electrons. The van der Waals surface area contributed by atoms with Crippen molar-refractivity contribution in [2.24, 2.45) is 0 Å². The lowest BCUT2D eigenvalue weighted by molar-refractivity contribution is 0.201. The molecule has 0 radical (unpaired) electrons. The van der Waals surface area contributed by atoms with Crippen molar-refractivity contribution in [3.05, 3.63) is 131 Å². The van der Waals surface area contributed by atoms with E-state index in [4.69, 9.17) is 19.7 Å². The first kappa shape index (κ1) is 23.3. The summed E-state index contributed by atoms with van der Waals surface area (Å²) >= 11 is 0. The Morgan fingerprint density at radius 2 is 0.765 bits per heavy atom. The third-order valence-corrected chi connectivity index (χ3v) is 5.38. The average Bonchev–Trinajstić information content (AvgIpc) is 2.91. The van der Waals surface area contributed by atoms with E-state index in [9.17, 15) is 0 Å². The molecule has 4 rings (SSSR count). The lowest BCUT2D eigenvalue weighted by Gasteiger charge is -2.19. The van der Waals surface area contributed by atoms with E-state index in [1.165, 1.54) is 0 Å². The van der Waals surface area contributed by atoms with Crippen LogP contribution in [0.5, 0.6) is 11.5 Å². The lowest BCUT2D eigenvalue weighted by Crippen LogP contribution is -2.02. The van der Waals surface area contributed by atoms with Crippen LogP contribution in [0.2, 0.25) is 0 Å². The third-order valence-electron chi connectivity index (χ3n) is 5.38. The van der Waals surface area contributed by atoms with Crippen LogP contribution in [0.15, 0.2) is 109 Å². The molecule has 0 spiro atoms. The normalized spacial score (nSPS) is 10.5. The van der Waals surface area contributed by atoms with Crippen LogP contribution in [-0.2, 0) is 0 Å². The van der Waals surface area contributed by atoms with Crippen molar-refractivity contribution in [3.63, 3.8) is 0 Å². The second kappa shape index (κ2) is 11.8. The van der Waals surface area contributed by atoms with Crippen molar-refractivity contribution in [1.82, 2.24) is 0 Å². The molecule has 0 aliphatic carbocycles. The standard InChI is InChI=1S/C30H28O4/c31-19-21-33-27-15-11-25(12-16-27)30(26-13-17-28(18-14-26)34-22-20-32)29(23-7-3-1-4-8-23)24-9-5-2-6-10-24/h1-18,31-32H,19-22H2. The Morgan fingerprint density at radius 1 is 0.441 bits per heavy atom. The summed E-state index contributed by atoms with van der Waals surface area (Å²) in [6.07, 6.45) is 0. The summed E-state index contributed by atoms with van der Waals surface area (Å²) in [5.41, 5.74) is 6.52.